The molecular weight excluding hydrogens is 530 g/mol. The largest absolute Gasteiger partial charge is 0.481 e. The molecule has 0 rings (SSSR count). The molecule has 0 aliphatic carbocycles. The van der Waals surface area contributed by atoms with Gasteiger partial charge < -0.3 is 54.4 Å². The van der Waals surface area contributed by atoms with Gasteiger partial charge >= 0.3 is 11.9 Å². The molecule has 40 heavy (non-hydrogen) atoms. The van der Waals surface area contributed by atoms with Crippen LogP contribution in [0.5, 0.6) is 0 Å². The number of carbonyl (C=O) groups is 6. The first-order valence-electron chi connectivity index (χ1n) is 12.8. The molecule has 17 nitrogen and oxygen atoms in total. The van der Waals surface area contributed by atoms with Crippen LogP contribution in [0.25, 0.3) is 0 Å². The van der Waals surface area contributed by atoms with Gasteiger partial charge in [-0.3, -0.25) is 29.0 Å². The maximum Gasteiger partial charge on any atom is 0.326 e. The molecule has 0 aromatic rings. The van der Waals surface area contributed by atoms with Crippen molar-refractivity contribution in [3.63, 3.8) is 0 Å². The Morgan fingerprint density at radius 2 is 1.48 bits per heavy atom. The highest BCUT2D eigenvalue weighted by Crippen LogP contribution is 2.05. The maximum atomic E-state index is 12.8. The third-order valence-electron chi connectivity index (χ3n) is 5.57. The molecular formula is C23H43N9O8. The van der Waals surface area contributed by atoms with E-state index < -0.39 is 78.6 Å². The quantitative estimate of drug-likeness (QED) is 0.0382. The smallest absolute Gasteiger partial charge is 0.326 e. The Bertz CT molecular complexity index is 909. The highest BCUT2D eigenvalue weighted by atomic mass is 16.4. The Balaban J connectivity index is 5.30. The van der Waals surface area contributed by atoms with E-state index in [1.54, 1.807) is 13.8 Å². The van der Waals surface area contributed by atoms with Crippen molar-refractivity contribution in [3.05, 3.63) is 0 Å². The molecule has 0 radical (unpaired) electrons. The number of hydrogen-bond acceptors (Lipinski definition) is 9. The number of carbonyl (C=O) groups excluding carboxylic acids is 4. The average molecular weight is 574 g/mol. The van der Waals surface area contributed by atoms with E-state index in [2.05, 4.69) is 26.3 Å². The van der Waals surface area contributed by atoms with E-state index in [4.69, 9.17) is 28.0 Å². The molecule has 0 bridgehead atoms. The summed E-state index contributed by atoms with van der Waals surface area (Å²) >= 11 is 0. The van der Waals surface area contributed by atoms with Crippen molar-refractivity contribution in [1.29, 1.82) is 0 Å². The SMILES string of the molecule is CC(C)[C@H](NC(=O)[C@H](CC(=O)O)NC(=O)CNC(=O)[C@H](CCCN=C(N)N)NC(=O)[C@@H](N)CCCCN)C(=O)O. The molecule has 0 unspecified atom stereocenters. The van der Waals surface area contributed by atoms with Crippen molar-refractivity contribution in [3.8, 4) is 0 Å². The van der Waals surface area contributed by atoms with Gasteiger partial charge in [0, 0.05) is 6.54 Å². The normalized spacial score (nSPS) is 13.7. The number of nitrogens with two attached hydrogens (primary N) is 4. The number of rotatable bonds is 20. The predicted octanol–water partition coefficient (Wildman–Crippen LogP) is -3.72. The number of amides is 4. The summed E-state index contributed by atoms with van der Waals surface area (Å²) in [5, 5.41) is 27.6. The van der Waals surface area contributed by atoms with E-state index in [1.807, 2.05) is 0 Å². The molecule has 0 aromatic heterocycles. The van der Waals surface area contributed by atoms with Crippen LogP contribution >= 0.6 is 0 Å². The lowest BCUT2D eigenvalue weighted by atomic mass is 10.0. The van der Waals surface area contributed by atoms with Crippen LogP contribution in [0.4, 0.5) is 0 Å². The summed E-state index contributed by atoms with van der Waals surface area (Å²) in [6.07, 6.45) is 1.20. The Morgan fingerprint density at radius 3 is 2.00 bits per heavy atom. The Kier molecular flexibility index (Phi) is 17.2. The minimum absolute atomic E-state index is 0.0985. The standard InChI is InChI=1S/C23H43N9O8/c1-12(2)18(22(39)40)32-21(38)15(10-17(34)35)30-16(33)11-29-20(37)14(7-5-9-28-23(26)27)31-19(36)13(25)6-3-4-8-24/h12-15,18H,3-11,24-25H2,1-2H3,(H,29,37)(H,30,33)(H,31,36)(H,32,38)(H,34,35)(H,39,40)(H4,26,27,28)/t13-,14-,15-,18-/m0/s1. The molecule has 228 valence electrons. The molecule has 0 saturated heterocycles. The van der Waals surface area contributed by atoms with Crippen LogP contribution in [0.15, 0.2) is 4.99 Å². The molecule has 0 aliphatic heterocycles. The highest BCUT2D eigenvalue weighted by molar-refractivity contribution is 5.95. The van der Waals surface area contributed by atoms with E-state index in [0.29, 0.717) is 32.2 Å². The lowest BCUT2D eigenvalue weighted by molar-refractivity contribution is -0.144. The van der Waals surface area contributed by atoms with Crippen molar-refractivity contribution in [1.82, 2.24) is 21.3 Å². The number of aliphatic imine (C=N–C) groups is 1. The van der Waals surface area contributed by atoms with E-state index in [1.165, 1.54) is 0 Å². The number of aliphatic carboxylic acids is 2. The van der Waals surface area contributed by atoms with Gasteiger partial charge in [0.15, 0.2) is 5.96 Å². The second-order valence-corrected chi connectivity index (χ2v) is 9.41. The Hall–Kier alpha value is -3.99. The third kappa shape index (κ3) is 15.4. The van der Waals surface area contributed by atoms with Crippen molar-refractivity contribution >= 4 is 41.5 Å². The molecule has 14 N–H and O–H groups in total. The third-order valence-corrected chi connectivity index (χ3v) is 5.57. The van der Waals surface area contributed by atoms with Crippen molar-refractivity contribution in [2.24, 2.45) is 33.8 Å². The fourth-order valence-corrected chi connectivity index (χ4v) is 3.38. The van der Waals surface area contributed by atoms with Crippen LogP contribution in [0.2, 0.25) is 0 Å². The summed E-state index contributed by atoms with van der Waals surface area (Å²) in [5.41, 5.74) is 21.9. The van der Waals surface area contributed by atoms with E-state index in [9.17, 15) is 33.9 Å². The highest BCUT2D eigenvalue weighted by Gasteiger charge is 2.30. The Morgan fingerprint density at radius 1 is 0.825 bits per heavy atom. The number of guanidine groups is 1. The molecule has 4 amide bonds. The molecule has 17 heteroatoms. The van der Waals surface area contributed by atoms with Crippen LogP contribution in [0.3, 0.4) is 0 Å². The predicted molar refractivity (Wildman–Crippen MR) is 144 cm³/mol. The lowest BCUT2D eigenvalue weighted by Crippen LogP contribution is -2.56. The van der Waals surface area contributed by atoms with Gasteiger partial charge in [0.2, 0.25) is 23.6 Å². The first-order chi connectivity index (χ1) is 18.7. The maximum absolute atomic E-state index is 12.8. The Labute approximate surface area is 232 Å². The number of hydrogen-bond donors (Lipinski definition) is 10. The van der Waals surface area contributed by atoms with Crippen molar-refractivity contribution < 1.29 is 39.0 Å². The summed E-state index contributed by atoms with van der Waals surface area (Å²) in [4.78, 5) is 76.7. The first-order valence-corrected chi connectivity index (χ1v) is 12.8. The molecule has 0 spiro atoms. The van der Waals surface area contributed by atoms with Crippen LogP contribution in [0.1, 0.15) is 52.4 Å². The van der Waals surface area contributed by atoms with E-state index >= 15 is 0 Å². The number of unbranched alkanes of at least 4 members (excludes halogenated alkanes) is 1. The van der Waals surface area contributed by atoms with Gasteiger partial charge in [-0.1, -0.05) is 20.3 Å². The van der Waals surface area contributed by atoms with Gasteiger partial charge in [0.05, 0.1) is 19.0 Å². The monoisotopic (exact) mass is 573 g/mol. The summed E-state index contributed by atoms with van der Waals surface area (Å²) < 4.78 is 0. The first kappa shape index (κ1) is 36.0. The minimum Gasteiger partial charge on any atom is -0.481 e. The second kappa shape index (κ2) is 19.1. The zero-order valence-corrected chi connectivity index (χ0v) is 22.9. The lowest BCUT2D eigenvalue weighted by Gasteiger charge is -2.23. The number of carboxylic acids is 2. The fourth-order valence-electron chi connectivity index (χ4n) is 3.38. The summed E-state index contributed by atoms with van der Waals surface area (Å²) in [5.74, 6) is -6.68. The summed E-state index contributed by atoms with van der Waals surface area (Å²) in [6.45, 7) is 3.03. The molecule has 0 aromatic carbocycles. The van der Waals surface area contributed by atoms with Crippen LogP contribution in [-0.2, 0) is 28.8 Å². The van der Waals surface area contributed by atoms with Gasteiger partial charge in [-0.25, -0.2) is 4.79 Å². The number of carboxylic acid groups (broad SMARTS) is 2. The van der Waals surface area contributed by atoms with Gasteiger partial charge in [0.1, 0.15) is 18.1 Å². The molecule has 0 fully saturated rings. The second-order valence-electron chi connectivity index (χ2n) is 9.41. The molecule has 4 atom stereocenters. The minimum atomic E-state index is -1.61. The van der Waals surface area contributed by atoms with Crippen molar-refractivity contribution in [2.45, 2.75) is 76.5 Å². The van der Waals surface area contributed by atoms with Crippen LogP contribution in [-0.4, -0.2) is 95.5 Å². The summed E-state index contributed by atoms with van der Waals surface area (Å²) in [6, 6.07) is -4.91. The number of nitrogens with zero attached hydrogens (tertiary/aromatic N) is 1. The van der Waals surface area contributed by atoms with Gasteiger partial charge in [0.25, 0.3) is 0 Å². The average Bonchev–Trinajstić information content (AvgIpc) is 2.86. The fraction of sp³-hybridized carbons (Fsp3) is 0.696. The van der Waals surface area contributed by atoms with Gasteiger partial charge in [-0.05, 0) is 38.1 Å². The van der Waals surface area contributed by atoms with E-state index in [0.717, 1.165) is 0 Å². The molecule has 0 saturated carbocycles. The summed E-state index contributed by atoms with van der Waals surface area (Å²) in [7, 11) is 0. The van der Waals surface area contributed by atoms with Crippen molar-refractivity contribution in [2.75, 3.05) is 19.6 Å². The topological polar surface area (TPSA) is 307 Å². The van der Waals surface area contributed by atoms with Crippen LogP contribution in [0, 0.1) is 5.92 Å². The zero-order chi connectivity index (χ0) is 30.8. The molecule has 0 aliphatic rings. The zero-order valence-electron chi connectivity index (χ0n) is 22.9. The number of nitrogens with one attached hydrogen (secondary N) is 4. The van der Waals surface area contributed by atoms with Crippen LogP contribution < -0.4 is 44.2 Å². The molecule has 0 heterocycles. The van der Waals surface area contributed by atoms with Gasteiger partial charge in [-0.2, -0.15) is 0 Å². The van der Waals surface area contributed by atoms with E-state index in [-0.39, 0.29) is 18.9 Å². The van der Waals surface area contributed by atoms with Gasteiger partial charge in [-0.15, -0.1) is 0 Å².